The molecule has 1 saturated heterocycles. The van der Waals surface area contributed by atoms with Crippen LogP contribution in [0.1, 0.15) is 27.0 Å². The Kier molecular flexibility index (Phi) is 4.90. The van der Waals surface area contributed by atoms with Gasteiger partial charge in [-0.3, -0.25) is 0 Å². The van der Waals surface area contributed by atoms with Gasteiger partial charge in [0.25, 0.3) is 0 Å². The fraction of sp³-hybridized carbons (Fsp3) is 0.533. The molecule has 20 heavy (non-hydrogen) atoms. The van der Waals surface area contributed by atoms with Gasteiger partial charge in [-0.05, 0) is 60.1 Å². The summed E-state index contributed by atoms with van der Waals surface area (Å²) in [6.07, 6.45) is 0. The molecule has 4 nitrogen and oxygen atoms in total. The molecule has 0 atom stereocenters. The molecule has 110 valence electrons. The Hall–Kier alpha value is -0.820. The maximum absolute atomic E-state index is 12.1. The first-order chi connectivity index (χ1) is 9.49. The molecule has 2 rings (SSSR count). The van der Waals surface area contributed by atoms with Crippen LogP contribution in [0, 0.1) is 24.3 Å². The Bertz CT molecular complexity index is 537. The Balaban J connectivity index is 2.61. The number of hydrogen-bond donors (Lipinski definition) is 1. The minimum atomic E-state index is -0.241. The monoisotopic (exact) mass is 388 g/mol. The van der Waals surface area contributed by atoms with E-state index in [1.54, 1.807) is 0 Å². The minimum Gasteiger partial charge on any atom is -0.465 e. The van der Waals surface area contributed by atoms with Gasteiger partial charge in [0, 0.05) is 35.4 Å². The molecule has 0 bridgehead atoms. The van der Waals surface area contributed by atoms with E-state index in [0.29, 0.717) is 0 Å². The molecule has 0 radical (unpaired) electrons. The van der Waals surface area contributed by atoms with E-state index >= 15 is 0 Å². The summed E-state index contributed by atoms with van der Waals surface area (Å²) in [5.74, 6) is -0.241. The molecule has 1 aliphatic heterocycles. The zero-order valence-corrected chi connectivity index (χ0v) is 14.6. The molecule has 5 heteroatoms. The van der Waals surface area contributed by atoms with Crippen molar-refractivity contribution >= 4 is 34.2 Å². The van der Waals surface area contributed by atoms with Crippen molar-refractivity contribution < 1.29 is 9.53 Å². The summed E-state index contributed by atoms with van der Waals surface area (Å²) >= 11 is 2.33. The average Bonchev–Trinajstić information content (AvgIpc) is 2.46. The molecule has 0 spiro atoms. The summed E-state index contributed by atoms with van der Waals surface area (Å²) < 4.78 is 6.12. The minimum absolute atomic E-state index is 0.241. The standard InChI is InChI=1S/C15H21IN2O2/c1-9-12(15(19)20-4)10(2)14(11(3)13(9)16)18-7-5-17-6-8-18/h17H,5-8H2,1-4H3. The Labute approximate surface area is 134 Å². The van der Waals surface area contributed by atoms with Crippen molar-refractivity contribution in [3.05, 3.63) is 25.8 Å². The Morgan fingerprint density at radius 1 is 1.15 bits per heavy atom. The lowest BCUT2D eigenvalue weighted by atomic mass is 9.96. The van der Waals surface area contributed by atoms with Crippen molar-refractivity contribution in [3.8, 4) is 0 Å². The molecule has 1 heterocycles. The van der Waals surface area contributed by atoms with Gasteiger partial charge in [-0.25, -0.2) is 4.79 Å². The number of nitrogens with zero attached hydrogens (tertiary/aromatic N) is 1. The van der Waals surface area contributed by atoms with Gasteiger partial charge >= 0.3 is 5.97 Å². The van der Waals surface area contributed by atoms with Crippen LogP contribution in [0.25, 0.3) is 0 Å². The van der Waals surface area contributed by atoms with Crippen molar-refractivity contribution in [2.75, 3.05) is 38.2 Å². The number of rotatable bonds is 2. The molecule has 0 amide bonds. The molecular formula is C15H21IN2O2. The van der Waals surface area contributed by atoms with Crippen molar-refractivity contribution in [2.24, 2.45) is 0 Å². The number of nitrogens with one attached hydrogen (secondary N) is 1. The van der Waals surface area contributed by atoms with Crippen LogP contribution in [-0.2, 0) is 4.74 Å². The molecule has 1 aliphatic rings. The fourth-order valence-electron chi connectivity index (χ4n) is 2.95. The van der Waals surface area contributed by atoms with E-state index in [1.807, 2.05) is 13.8 Å². The number of piperazine rings is 1. The number of esters is 1. The molecule has 1 aromatic rings. The smallest absolute Gasteiger partial charge is 0.338 e. The van der Waals surface area contributed by atoms with Gasteiger partial charge in [-0.1, -0.05) is 0 Å². The quantitative estimate of drug-likeness (QED) is 0.624. The number of halogens is 1. The third-order valence-electron chi connectivity index (χ3n) is 3.94. The fourth-order valence-corrected chi connectivity index (χ4v) is 3.47. The van der Waals surface area contributed by atoms with Crippen molar-refractivity contribution in [3.63, 3.8) is 0 Å². The first-order valence-corrected chi connectivity index (χ1v) is 7.90. The summed E-state index contributed by atoms with van der Waals surface area (Å²) in [4.78, 5) is 14.5. The van der Waals surface area contributed by atoms with E-state index < -0.39 is 0 Å². The van der Waals surface area contributed by atoms with E-state index in [0.717, 1.165) is 46.4 Å². The highest BCUT2D eigenvalue weighted by Crippen LogP contribution is 2.35. The van der Waals surface area contributed by atoms with Crippen LogP contribution in [0.15, 0.2) is 0 Å². The second kappa shape index (κ2) is 6.30. The molecule has 1 fully saturated rings. The molecule has 0 aliphatic carbocycles. The summed E-state index contributed by atoms with van der Waals surface area (Å²) in [6, 6.07) is 0. The summed E-state index contributed by atoms with van der Waals surface area (Å²) in [6.45, 7) is 10.1. The van der Waals surface area contributed by atoms with E-state index in [9.17, 15) is 4.79 Å². The lowest BCUT2D eigenvalue weighted by Gasteiger charge is -2.33. The topological polar surface area (TPSA) is 41.6 Å². The van der Waals surface area contributed by atoms with E-state index in [1.165, 1.54) is 18.4 Å². The maximum atomic E-state index is 12.1. The van der Waals surface area contributed by atoms with Crippen LogP contribution in [0.2, 0.25) is 0 Å². The normalized spacial score (nSPS) is 15.3. The molecule has 0 saturated carbocycles. The largest absolute Gasteiger partial charge is 0.465 e. The summed E-state index contributed by atoms with van der Waals surface area (Å²) in [5.41, 5.74) is 5.23. The first kappa shape index (κ1) is 15.6. The number of hydrogen-bond acceptors (Lipinski definition) is 4. The number of carbonyl (C=O) groups excluding carboxylic acids is 1. The van der Waals surface area contributed by atoms with Crippen molar-refractivity contribution in [2.45, 2.75) is 20.8 Å². The van der Waals surface area contributed by atoms with Gasteiger partial charge in [0.05, 0.1) is 12.7 Å². The van der Waals surface area contributed by atoms with E-state index in [2.05, 4.69) is 39.7 Å². The van der Waals surface area contributed by atoms with E-state index in [4.69, 9.17) is 4.74 Å². The maximum Gasteiger partial charge on any atom is 0.338 e. The van der Waals surface area contributed by atoms with Crippen molar-refractivity contribution in [1.82, 2.24) is 5.32 Å². The van der Waals surface area contributed by atoms with Gasteiger partial charge in [0.2, 0.25) is 0 Å². The summed E-state index contributed by atoms with van der Waals surface area (Å²) in [5, 5.41) is 3.36. The predicted molar refractivity (Wildman–Crippen MR) is 89.8 cm³/mol. The van der Waals surface area contributed by atoms with Crippen LogP contribution in [-0.4, -0.2) is 39.3 Å². The van der Waals surface area contributed by atoms with Gasteiger partial charge in [-0.2, -0.15) is 0 Å². The Morgan fingerprint density at radius 2 is 1.75 bits per heavy atom. The van der Waals surface area contributed by atoms with Crippen LogP contribution in [0.5, 0.6) is 0 Å². The van der Waals surface area contributed by atoms with Crippen molar-refractivity contribution in [1.29, 1.82) is 0 Å². The lowest BCUT2D eigenvalue weighted by Crippen LogP contribution is -2.44. The number of methoxy groups -OCH3 is 1. The second-order valence-electron chi connectivity index (χ2n) is 5.14. The highest BCUT2D eigenvalue weighted by Gasteiger charge is 2.24. The number of ether oxygens (including phenoxy) is 1. The third kappa shape index (κ3) is 2.65. The predicted octanol–water partition coefficient (Wildman–Crippen LogP) is 2.41. The van der Waals surface area contributed by atoms with Crippen LogP contribution < -0.4 is 10.2 Å². The Morgan fingerprint density at radius 3 is 2.30 bits per heavy atom. The van der Waals surface area contributed by atoms with Gasteiger partial charge in [0.15, 0.2) is 0 Å². The van der Waals surface area contributed by atoms with Gasteiger partial charge in [0.1, 0.15) is 0 Å². The highest BCUT2D eigenvalue weighted by atomic mass is 127. The highest BCUT2D eigenvalue weighted by molar-refractivity contribution is 14.1. The number of anilines is 1. The first-order valence-electron chi connectivity index (χ1n) is 6.82. The van der Waals surface area contributed by atoms with Crippen LogP contribution in [0.4, 0.5) is 5.69 Å². The van der Waals surface area contributed by atoms with Gasteiger partial charge in [-0.15, -0.1) is 0 Å². The average molecular weight is 388 g/mol. The molecule has 1 N–H and O–H groups in total. The summed E-state index contributed by atoms with van der Waals surface area (Å²) in [7, 11) is 1.44. The number of carbonyl (C=O) groups is 1. The molecular weight excluding hydrogens is 367 g/mol. The molecule has 0 aromatic heterocycles. The zero-order chi connectivity index (χ0) is 14.9. The zero-order valence-electron chi connectivity index (χ0n) is 12.5. The van der Waals surface area contributed by atoms with Crippen LogP contribution >= 0.6 is 22.6 Å². The SMILES string of the molecule is COC(=O)c1c(C)c(I)c(C)c(N2CCNCC2)c1C. The lowest BCUT2D eigenvalue weighted by molar-refractivity contribution is 0.0599. The van der Waals surface area contributed by atoms with Gasteiger partial charge < -0.3 is 15.0 Å². The van der Waals surface area contributed by atoms with Crippen LogP contribution in [0.3, 0.4) is 0 Å². The number of benzene rings is 1. The molecule has 0 unspecified atom stereocenters. The second-order valence-corrected chi connectivity index (χ2v) is 6.22. The van der Waals surface area contributed by atoms with E-state index in [-0.39, 0.29) is 5.97 Å². The third-order valence-corrected chi connectivity index (χ3v) is 5.56. The molecule has 1 aromatic carbocycles.